The van der Waals surface area contributed by atoms with E-state index in [9.17, 15) is 17.2 Å². The second kappa shape index (κ2) is 9.17. The molecular weight excluding hydrogens is 346 g/mol. The molecule has 0 atom stereocenters. The number of halogens is 2. The van der Waals surface area contributed by atoms with Crippen LogP contribution in [0.4, 0.5) is 14.5 Å². The zero-order valence-electron chi connectivity index (χ0n) is 14.6. The maximum absolute atomic E-state index is 13.4. The van der Waals surface area contributed by atoms with E-state index in [2.05, 4.69) is 16.6 Å². The molecule has 7 heteroatoms. The molecule has 0 bridgehead atoms. The monoisotopic (exact) mass is 372 g/mol. The number of hydrogen-bond donors (Lipinski definition) is 2. The minimum absolute atomic E-state index is 0.0261. The highest BCUT2D eigenvalue weighted by atomic mass is 32.2. The van der Waals surface area contributed by atoms with Gasteiger partial charge in [-0.1, -0.05) is 51.9 Å². The fourth-order valence-corrected chi connectivity index (χ4v) is 4.04. The molecule has 2 rings (SSSR count). The number of anilines is 1. The Morgan fingerprint density at radius 2 is 1.56 bits per heavy atom. The zero-order valence-corrected chi connectivity index (χ0v) is 15.4. The summed E-state index contributed by atoms with van der Waals surface area (Å²) in [5.41, 5.74) is 0.595. The quantitative estimate of drug-likeness (QED) is 0.524. The lowest BCUT2D eigenvalue weighted by Crippen LogP contribution is -2.16. The van der Waals surface area contributed by atoms with Crippen LogP contribution in [0, 0.1) is 11.6 Å². The van der Waals surface area contributed by atoms with Crippen LogP contribution in [0.15, 0.2) is 18.3 Å². The smallest absolute Gasteiger partial charge is 0.232 e. The van der Waals surface area contributed by atoms with Crippen LogP contribution in [-0.4, -0.2) is 19.2 Å². The van der Waals surface area contributed by atoms with Crippen molar-refractivity contribution in [1.82, 2.24) is 4.98 Å². The number of aromatic nitrogens is 1. The van der Waals surface area contributed by atoms with E-state index in [0.717, 1.165) is 31.4 Å². The van der Waals surface area contributed by atoms with E-state index in [1.807, 2.05) is 0 Å². The molecular formula is C18H26F2N2O2S. The summed E-state index contributed by atoms with van der Waals surface area (Å²) < 4.78 is 53.4. The van der Waals surface area contributed by atoms with Crippen molar-refractivity contribution in [2.24, 2.45) is 0 Å². The Morgan fingerprint density at radius 3 is 2.24 bits per heavy atom. The van der Waals surface area contributed by atoms with E-state index in [1.54, 1.807) is 0 Å². The third kappa shape index (κ3) is 5.99. The number of hydrogen-bond acceptors (Lipinski definition) is 2. The molecule has 0 saturated carbocycles. The molecule has 140 valence electrons. The van der Waals surface area contributed by atoms with Crippen LogP contribution in [0.1, 0.15) is 58.3 Å². The van der Waals surface area contributed by atoms with E-state index < -0.39 is 21.7 Å². The number of aromatic amines is 1. The average Bonchev–Trinajstić information content (AvgIpc) is 2.92. The first-order chi connectivity index (χ1) is 11.9. The number of benzene rings is 1. The molecule has 0 aliphatic heterocycles. The van der Waals surface area contributed by atoms with Gasteiger partial charge in [-0.2, -0.15) is 0 Å². The molecule has 2 aromatic rings. The van der Waals surface area contributed by atoms with Crippen molar-refractivity contribution in [1.29, 1.82) is 0 Å². The molecule has 0 radical (unpaired) electrons. The second-order valence-corrected chi connectivity index (χ2v) is 8.25. The number of nitrogens with one attached hydrogen (secondary N) is 2. The van der Waals surface area contributed by atoms with Crippen LogP contribution in [0.25, 0.3) is 10.9 Å². The van der Waals surface area contributed by atoms with Crippen molar-refractivity contribution >= 4 is 26.6 Å². The third-order valence-electron chi connectivity index (χ3n) is 4.25. The van der Waals surface area contributed by atoms with Gasteiger partial charge in [0.15, 0.2) is 11.6 Å². The van der Waals surface area contributed by atoms with Crippen molar-refractivity contribution in [2.45, 2.75) is 58.3 Å². The van der Waals surface area contributed by atoms with Gasteiger partial charge in [0.1, 0.15) is 0 Å². The molecule has 0 saturated heterocycles. The van der Waals surface area contributed by atoms with Crippen molar-refractivity contribution in [3.05, 3.63) is 30.0 Å². The summed E-state index contributed by atoms with van der Waals surface area (Å²) in [6.45, 7) is 2.18. The van der Waals surface area contributed by atoms with E-state index in [4.69, 9.17) is 0 Å². The van der Waals surface area contributed by atoms with Crippen LogP contribution in [-0.2, 0) is 10.0 Å². The number of H-pyrrole nitrogens is 1. The Labute approximate surface area is 148 Å². The average molecular weight is 372 g/mol. The standard InChI is InChI=1S/C18H26F2N2O2S/c1-2-3-4-5-6-7-8-9-10-25(23,24)22-18-13-21-17-12-16(20)15(19)11-14(17)18/h11-13,21-22H,2-10H2,1H3. The summed E-state index contributed by atoms with van der Waals surface area (Å²) in [6.07, 6.45) is 9.98. The van der Waals surface area contributed by atoms with E-state index in [0.29, 0.717) is 17.3 Å². The summed E-state index contributed by atoms with van der Waals surface area (Å²) >= 11 is 0. The molecule has 1 aromatic heterocycles. The Morgan fingerprint density at radius 1 is 0.960 bits per heavy atom. The van der Waals surface area contributed by atoms with Gasteiger partial charge in [-0.15, -0.1) is 0 Å². The highest BCUT2D eigenvalue weighted by molar-refractivity contribution is 7.92. The Bertz CT molecular complexity index is 788. The molecule has 0 unspecified atom stereocenters. The van der Waals surface area contributed by atoms with E-state index >= 15 is 0 Å². The highest BCUT2D eigenvalue weighted by Crippen LogP contribution is 2.26. The fraction of sp³-hybridized carbons (Fsp3) is 0.556. The Balaban J connectivity index is 1.82. The maximum Gasteiger partial charge on any atom is 0.232 e. The largest absolute Gasteiger partial charge is 0.359 e. The lowest BCUT2D eigenvalue weighted by molar-refractivity contribution is 0.511. The molecule has 4 nitrogen and oxygen atoms in total. The van der Waals surface area contributed by atoms with Gasteiger partial charge >= 0.3 is 0 Å². The molecule has 0 aliphatic rings. The van der Waals surface area contributed by atoms with Gasteiger partial charge in [0.05, 0.1) is 17.0 Å². The summed E-state index contributed by atoms with van der Waals surface area (Å²) in [5, 5.41) is 0.318. The van der Waals surface area contributed by atoms with Crippen LogP contribution in [0.3, 0.4) is 0 Å². The predicted molar refractivity (Wildman–Crippen MR) is 98.2 cm³/mol. The first-order valence-corrected chi connectivity index (χ1v) is 10.5. The predicted octanol–water partition coefficient (Wildman–Crippen LogP) is 5.33. The summed E-state index contributed by atoms with van der Waals surface area (Å²) in [4.78, 5) is 2.75. The zero-order chi connectivity index (χ0) is 18.3. The molecule has 25 heavy (non-hydrogen) atoms. The van der Waals surface area contributed by atoms with Crippen molar-refractivity contribution in [2.75, 3.05) is 10.5 Å². The number of sulfonamides is 1. The van der Waals surface area contributed by atoms with Gasteiger partial charge in [0.2, 0.25) is 10.0 Å². The van der Waals surface area contributed by atoms with Gasteiger partial charge < -0.3 is 4.98 Å². The van der Waals surface area contributed by atoms with Crippen LogP contribution < -0.4 is 4.72 Å². The number of unbranched alkanes of at least 4 members (excludes halogenated alkanes) is 7. The molecule has 0 spiro atoms. The second-order valence-electron chi connectivity index (χ2n) is 6.41. The van der Waals surface area contributed by atoms with Crippen molar-refractivity contribution < 1.29 is 17.2 Å². The summed E-state index contributed by atoms with van der Waals surface area (Å²) in [5.74, 6) is -1.95. The van der Waals surface area contributed by atoms with Gasteiger partial charge in [0, 0.05) is 17.6 Å². The summed E-state index contributed by atoms with van der Waals surface area (Å²) in [6, 6.07) is 2.01. The Kier molecular flexibility index (Phi) is 7.23. The maximum atomic E-state index is 13.4. The van der Waals surface area contributed by atoms with E-state index in [1.165, 1.54) is 31.9 Å². The van der Waals surface area contributed by atoms with Gasteiger partial charge in [-0.3, -0.25) is 4.72 Å². The minimum Gasteiger partial charge on any atom is -0.359 e. The molecule has 2 N–H and O–H groups in total. The van der Waals surface area contributed by atoms with Crippen LogP contribution in [0.5, 0.6) is 0 Å². The van der Waals surface area contributed by atoms with Crippen LogP contribution >= 0.6 is 0 Å². The molecule has 1 aromatic carbocycles. The molecule has 0 fully saturated rings. The topological polar surface area (TPSA) is 62.0 Å². The highest BCUT2D eigenvalue weighted by Gasteiger charge is 2.15. The van der Waals surface area contributed by atoms with Crippen molar-refractivity contribution in [3.8, 4) is 0 Å². The van der Waals surface area contributed by atoms with Gasteiger partial charge in [-0.05, 0) is 12.5 Å². The normalized spacial score (nSPS) is 12.0. The van der Waals surface area contributed by atoms with Gasteiger partial charge in [0.25, 0.3) is 0 Å². The first-order valence-electron chi connectivity index (χ1n) is 8.89. The lowest BCUT2D eigenvalue weighted by Gasteiger charge is -2.07. The fourth-order valence-electron chi connectivity index (χ4n) is 2.85. The van der Waals surface area contributed by atoms with Crippen molar-refractivity contribution in [3.63, 3.8) is 0 Å². The summed E-state index contributed by atoms with van der Waals surface area (Å²) in [7, 11) is -3.51. The molecule has 0 aliphatic carbocycles. The molecule has 0 amide bonds. The van der Waals surface area contributed by atoms with E-state index in [-0.39, 0.29) is 11.4 Å². The lowest BCUT2D eigenvalue weighted by atomic mass is 10.1. The minimum atomic E-state index is -3.51. The number of fused-ring (bicyclic) bond motifs is 1. The SMILES string of the molecule is CCCCCCCCCCS(=O)(=O)Nc1c[nH]c2cc(F)c(F)cc12. The first kappa shape index (κ1) is 19.7. The Hall–Kier alpha value is -1.63. The van der Waals surface area contributed by atoms with Gasteiger partial charge in [-0.25, -0.2) is 17.2 Å². The number of rotatable bonds is 11. The molecule has 1 heterocycles. The third-order valence-corrected chi connectivity index (χ3v) is 5.61. The van der Waals surface area contributed by atoms with Crippen LogP contribution in [0.2, 0.25) is 0 Å².